The van der Waals surface area contributed by atoms with Crippen LogP contribution in [0.25, 0.3) is 0 Å². The summed E-state index contributed by atoms with van der Waals surface area (Å²) in [6, 6.07) is 15.4. The standard InChI is InChI=1S/C20H24N2O3/c1-3-25-18-12-10-16(11-13-18)6-5-9-20(23)22-21-15-17-7-4-8-19(14-17)24-2/h4,7-8,10-15H,3,5-6,9H2,1-2H3,(H,22,23)/b21-15-. The lowest BCUT2D eigenvalue weighted by Gasteiger charge is -2.05. The molecule has 0 saturated heterocycles. The Morgan fingerprint density at radius 3 is 2.68 bits per heavy atom. The molecule has 1 N–H and O–H groups in total. The van der Waals surface area contributed by atoms with Crippen molar-refractivity contribution in [3.63, 3.8) is 0 Å². The van der Waals surface area contributed by atoms with E-state index in [0.29, 0.717) is 13.0 Å². The van der Waals surface area contributed by atoms with E-state index in [1.165, 1.54) is 5.56 Å². The molecule has 2 aromatic carbocycles. The molecule has 0 spiro atoms. The molecule has 0 unspecified atom stereocenters. The van der Waals surface area contributed by atoms with Gasteiger partial charge in [-0.25, -0.2) is 5.43 Å². The van der Waals surface area contributed by atoms with Crippen LogP contribution in [0.2, 0.25) is 0 Å². The summed E-state index contributed by atoms with van der Waals surface area (Å²) in [5.41, 5.74) is 4.61. The lowest BCUT2D eigenvalue weighted by atomic mass is 10.1. The molecule has 0 aliphatic rings. The van der Waals surface area contributed by atoms with Crippen molar-refractivity contribution in [3.05, 3.63) is 59.7 Å². The minimum Gasteiger partial charge on any atom is -0.497 e. The number of hydrogen-bond acceptors (Lipinski definition) is 4. The van der Waals surface area contributed by atoms with Crippen LogP contribution in [0.4, 0.5) is 0 Å². The number of benzene rings is 2. The van der Waals surface area contributed by atoms with Crippen LogP contribution >= 0.6 is 0 Å². The van der Waals surface area contributed by atoms with Gasteiger partial charge in [-0.2, -0.15) is 5.10 Å². The summed E-state index contributed by atoms with van der Waals surface area (Å²) >= 11 is 0. The number of amides is 1. The number of hydrogen-bond donors (Lipinski definition) is 1. The van der Waals surface area contributed by atoms with Gasteiger partial charge in [-0.1, -0.05) is 24.3 Å². The molecule has 2 rings (SSSR count). The summed E-state index contributed by atoms with van der Waals surface area (Å²) in [5.74, 6) is 1.53. The fraction of sp³-hybridized carbons (Fsp3) is 0.300. The van der Waals surface area contributed by atoms with Gasteiger partial charge in [0.2, 0.25) is 5.91 Å². The van der Waals surface area contributed by atoms with Gasteiger partial charge in [0, 0.05) is 6.42 Å². The average Bonchev–Trinajstić information content (AvgIpc) is 2.63. The summed E-state index contributed by atoms with van der Waals surface area (Å²) in [6.07, 6.45) is 3.66. The number of hydrazone groups is 1. The molecule has 1 amide bonds. The quantitative estimate of drug-likeness (QED) is 0.561. The SMILES string of the molecule is CCOc1ccc(CCCC(=O)N/N=C\c2cccc(OC)c2)cc1. The Morgan fingerprint density at radius 2 is 1.96 bits per heavy atom. The van der Waals surface area contributed by atoms with Crippen molar-refractivity contribution < 1.29 is 14.3 Å². The first kappa shape index (κ1) is 18.5. The molecule has 0 atom stereocenters. The minimum atomic E-state index is -0.0925. The summed E-state index contributed by atoms with van der Waals surface area (Å²) < 4.78 is 10.6. The topological polar surface area (TPSA) is 59.9 Å². The molecule has 132 valence electrons. The molecule has 0 saturated carbocycles. The Hall–Kier alpha value is -2.82. The first-order valence-electron chi connectivity index (χ1n) is 8.39. The van der Waals surface area contributed by atoms with Crippen molar-refractivity contribution in [2.45, 2.75) is 26.2 Å². The Kier molecular flexibility index (Phi) is 7.50. The number of aryl methyl sites for hydroxylation is 1. The zero-order chi connectivity index (χ0) is 17.9. The van der Waals surface area contributed by atoms with Gasteiger partial charge in [-0.05, 0) is 55.2 Å². The molecular weight excluding hydrogens is 316 g/mol. The molecule has 25 heavy (non-hydrogen) atoms. The molecule has 0 bridgehead atoms. The summed E-state index contributed by atoms with van der Waals surface area (Å²) in [4.78, 5) is 11.8. The van der Waals surface area contributed by atoms with Gasteiger partial charge in [-0.15, -0.1) is 0 Å². The number of rotatable bonds is 9. The molecule has 0 aliphatic heterocycles. The highest BCUT2D eigenvalue weighted by Gasteiger charge is 2.01. The van der Waals surface area contributed by atoms with E-state index >= 15 is 0 Å². The van der Waals surface area contributed by atoms with Gasteiger partial charge < -0.3 is 9.47 Å². The van der Waals surface area contributed by atoms with E-state index in [1.54, 1.807) is 13.3 Å². The number of nitrogens with zero attached hydrogens (tertiary/aromatic N) is 1. The average molecular weight is 340 g/mol. The third-order valence-electron chi connectivity index (χ3n) is 3.60. The number of carbonyl (C=O) groups excluding carboxylic acids is 1. The van der Waals surface area contributed by atoms with Crippen LogP contribution in [0.3, 0.4) is 0 Å². The summed E-state index contributed by atoms with van der Waals surface area (Å²) in [7, 11) is 1.61. The molecule has 0 fully saturated rings. The van der Waals surface area contributed by atoms with E-state index in [9.17, 15) is 4.79 Å². The number of methoxy groups -OCH3 is 1. The lowest BCUT2D eigenvalue weighted by Crippen LogP contribution is -2.17. The maximum atomic E-state index is 11.8. The van der Waals surface area contributed by atoms with Crippen LogP contribution in [-0.4, -0.2) is 25.8 Å². The number of nitrogens with one attached hydrogen (secondary N) is 1. The Balaban J connectivity index is 1.70. The lowest BCUT2D eigenvalue weighted by molar-refractivity contribution is -0.121. The number of ether oxygens (including phenoxy) is 2. The van der Waals surface area contributed by atoms with E-state index in [2.05, 4.69) is 10.5 Å². The minimum absolute atomic E-state index is 0.0925. The molecule has 0 heterocycles. The third kappa shape index (κ3) is 6.67. The van der Waals surface area contributed by atoms with Crippen molar-refractivity contribution in [2.24, 2.45) is 5.10 Å². The van der Waals surface area contributed by atoms with Crippen LogP contribution < -0.4 is 14.9 Å². The van der Waals surface area contributed by atoms with E-state index in [4.69, 9.17) is 9.47 Å². The molecule has 2 aromatic rings. The zero-order valence-electron chi connectivity index (χ0n) is 14.7. The second-order valence-corrected chi connectivity index (χ2v) is 5.50. The second kappa shape index (κ2) is 10.1. The smallest absolute Gasteiger partial charge is 0.240 e. The molecule has 5 heteroatoms. The Labute approximate surface area is 148 Å². The highest BCUT2D eigenvalue weighted by atomic mass is 16.5. The van der Waals surface area contributed by atoms with Gasteiger partial charge >= 0.3 is 0 Å². The molecule has 0 radical (unpaired) electrons. The van der Waals surface area contributed by atoms with Crippen LogP contribution in [0.1, 0.15) is 30.9 Å². The maximum absolute atomic E-state index is 11.8. The Morgan fingerprint density at radius 1 is 1.16 bits per heavy atom. The first-order valence-corrected chi connectivity index (χ1v) is 8.39. The normalized spacial score (nSPS) is 10.6. The van der Waals surface area contributed by atoms with Crippen LogP contribution in [-0.2, 0) is 11.2 Å². The third-order valence-corrected chi connectivity index (χ3v) is 3.60. The van der Waals surface area contributed by atoms with Gasteiger partial charge in [0.1, 0.15) is 11.5 Å². The van der Waals surface area contributed by atoms with Crippen LogP contribution in [0, 0.1) is 0 Å². The largest absolute Gasteiger partial charge is 0.497 e. The molecule has 0 aromatic heterocycles. The van der Waals surface area contributed by atoms with Crippen molar-refractivity contribution in [3.8, 4) is 11.5 Å². The predicted molar refractivity (Wildman–Crippen MR) is 99.3 cm³/mol. The fourth-order valence-corrected chi connectivity index (χ4v) is 2.33. The van der Waals surface area contributed by atoms with Crippen molar-refractivity contribution in [2.75, 3.05) is 13.7 Å². The summed E-state index contributed by atoms with van der Waals surface area (Å²) in [6.45, 7) is 2.62. The van der Waals surface area contributed by atoms with E-state index < -0.39 is 0 Å². The molecule has 5 nitrogen and oxygen atoms in total. The summed E-state index contributed by atoms with van der Waals surface area (Å²) in [5, 5.41) is 3.98. The predicted octanol–water partition coefficient (Wildman–Crippen LogP) is 3.57. The first-order chi connectivity index (χ1) is 12.2. The highest BCUT2D eigenvalue weighted by molar-refractivity contribution is 5.82. The second-order valence-electron chi connectivity index (χ2n) is 5.50. The maximum Gasteiger partial charge on any atom is 0.240 e. The zero-order valence-corrected chi connectivity index (χ0v) is 14.7. The molecular formula is C20H24N2O3. The number of carbonyl (C=O) groups is 1. The van der Waals surface area contributed by atoms with E-state index in [-0.39, 0.29) is 5.91 Å². The van der Waals surface area contributed by atoms with Crippen molar-refractivity contribution in [1.29, 1.82) is 0 Å². The van der Waals surface area contributed by atoms with Gasteiger partial charge in [0.05, 0.1) is 19.9 Å². The fourth-order valence-electron chi connectivity index (χ4n) is 2.33. The molecule has 0 aliphatic carbocycles. The van der Waals surface area contributed by atoms with E-state index in [1.807, 2.05) is 55.5 Å². The monoisotopic (exact) mass is 340 g/mol. The van der Waals surface area contributed by atoms with Crippen LogP contribution in [0.15, 0.2) is 53.6 Å². The van der Waals surface area contributed by atoms with E-state index in [0.717, 1.165) is 29.9 Å². The highest BCUT2D eigenvalue weighted by Crippen LogP contribution is 2.14. The Bertz CT molecular complexity index is 696. The van der Waals surface area contributed by atoms with Gasteiger partial charge in [0.25, 0.3) is 0 Å². The van der Waals surface area contributed by atoms with Gasteiger partial charge in [0.15, 0.2) is 0 Å². The van der Waals surface area contributed by atoms with Gasteiger partial charge in [-0.3, -0.25) is 4.79 Å². The van der Waals surface area contributed by atoms with Crippen molar-refractivity contribution in [1.82, 2.24) is 5.43 Å². The van der Waals surface area contributed by atoms with Crippen molar-refractivity contribution >= 4 is 12.1 Å². The van der Waals surface area contributed by atoms with Crippen LogP contribution in [0.5, 0.6) is 11.5 Å².